The van der Waals surface area contributed by atoms with Crippen LogP contribution in [0.25, 0.3) is 12.2 Å². The topological polar surface area (TPSA) is 0 Å². The van der Waals surface area contributed by atoms with Crippen LogP contribution in [0, 0.1) is 0 Å². The van der Waals surface area contributed by atoms with Gasteiger partial charge in [0, 0.05) is 0 Å². The van der Waals surface area contributed by atoms with Crippen LogP contribution < -0.4 is 0 Å². The molecule has 3 aromatic carbocycles. The summed E-state index contributed by atoms with van der Waals surface area (Å²) in [5.41, 5.74) is 4.34. The zero-order valence-electron chi connectivity index (χ0n) is 17.6. The summed E-state index contributed by atoms with van der Waals surface area (Å²) in [6.07, 6.45) is 5.95. The average molecular weight is 421 g/mol. The Balaban J connectivity index is 1.64. The van der Waals surface area contributed by atoms with Gasteiger partial charge in [-0.1, -0.05) is 103 Å². The SMILES string of the molecule is C/C=C/CCc1ccc(/C=C/c2ccc(CC(c3ccccc3)C(F)(F)F)cc2)cc1. The minimum absolute atomic E-state index is 0.0633. The van der Waals surface area contributed by atoms with Crippen molar-refractivity contribution in [2.75, 3.05) is 0 Å². The molecule has 0 heterocycles. The van der Waals surface area contributed by atoms with E-state index in [0.29, 0.717) is 11.1 Å². The van der Waals surface area contributed by atoms with Crippen molar-refractivity contribution < 1.29 is 13.2 Å². The van der Waals surface area contributed by atoms with Crippen LogP contribution >= 0.6 is 0 Å². The lowest BCUT2D eigenvalue weighted by Crippen LogP contribution is -2.22. The number of hydrogen-bond donors (Lipinski definition) is 0. The maximum absolute atomic E-state index is 13.6. The normalized spacial score (nSPS) is 13.2. The van der Waals surface area contributed by atoms with Gasteiger partial charge in [-0.15, -0.1) is 0 Å². The first-order chi connectivity index (χ1) is 15.0. The predicted molar refractivity (Wildman–Crippen MR) is 124 cm³/mol. The second-order valence-corrected chi connectivity index (χ2v) is 7.63. The number of allylic oxidation sites excluding steroid dienone is 2. The Bertz CT molecular complexity index is 979. The Kier molecular flexibility index (Phi) is 7.88. The van der Waals surface area contributed by atoms with Crippen molar-refractivity contribution >= 4 is 12.2 Å². The molecule has 0 aromatic heterocycles. The number of aryl methyl sites for hydroxylation is 1. The third kappa shape index (κ3) is 6.99. The van der Waals surface area contributed by atoms with Crippen LogP contribution in [0.5, 0.6) is 0 Å². The zero-order chi connectivity index (χ0) is 22.1. The van der Waals surface area contributed by atoms with Crippen LogP contribution in [0.15, 0.2) is 91.0 Å². The van der Waals surface area contributed by atoms with Gasteiger partial charge in [0.15, 0.2) is 0 Å². The summed E-state index contributed by atoms with van der Waals surface area (Å²) in [6.45, 7) is 2.03. The fourth-order valence-corrected chi connectivity index (χ4v) is 3.51. The van der Waals surface area contributed by atoms with Gasteiger partial charge < -0.3 is 0 Å². The van der Waals surface area contributed by atoms with Crippen LogP contribution in [-0.2, 0) is 12.8 Å². The molecule has 0 saturated heterocycles. The average Bonchev–Trinajstić information content (AvgIpc) is 2.78. The quantitative estimate of drug-likeness (QED) is 0.254. The van der Waals surface area contributed by atoms with Crippen molar-refractivity contribution in [3.63, 3.8) is 0 Å². The van der Waals surface area contributed by atoms with Gasteiger partial charge in [0.05, 0.1) is 5.92 Å². The maximum atomic E-state index is 13.6. The summed E-state index contributed by atoms with van der Waals surface area (Å²) < 4.78 is 40.7. The van der Waals surface area contributed by atoms with Crippen molar-refractivity contribution in [2.24, 2.45) is 0 Å². The van der Waals surface area contributed by atoms with Gasteiger partial charge in [-0.25, -0.2) is 0 Å². The minimum Gasteiger partial charge on any atom is -0.170 e. The Hall–Kier alpha value is -3.07. The molecule has 0 saturated carbocycles. The Labute approximate surface area is 182 Å². The van der Waals surface area contributed by atoms with E-state index in [1.165, 1.54) is 5.56 Å². The molecule has 0 nitrogen and oxygen atoms in total. The van der Waals surface area contributed by atoms with E-state index in [0.717, 1.165) is 24.0 Å². The van der Waals surface area contributed by atoms with Gasteiger partial charge in [-0.2, -0.15) is 13.2 Å². The van der Waals surface area contributed by atoms with Crippen molar-refractivity contribution in [1.82, 2.24) is 0 Å². The van der Waals surface area contributed by atoms with Gasteiger partial charge in [0.1, 0.15) is 0 Å². The second kappa shape index (κ2) is 10.8. The molecule has 1 atom stereocenters. The van der Waals surface area contributed by atoms with Gasteiger partial charge in [0.2, 0.25) is 0 Å². The standard InChI is InChI=1S/C28H27F3/c1-2-3-5-8-22-11-13-23(14-12-22)15-16-24-17-19-25(20-18-24)21-27(28(29,30)31)26-9-6-4-7-10-26/h2-4,6-7,9-20,27H,5,8,21H2,1H3/b3-2+,16-15+. The number of alkyl halides is 3. The molecular weight excluding hydrogens is 393 g/mol. The van der Waals surface area contributed by atoms with Gasteiger partial charge >= 0.3 is 6.18 Å². The maximum Gasteiger partial charge on any atom is 0.396 e. The zero-order valence-corrected chi connectivity index (χ0v) is 17.6. The second-order valence-electron chi connectivity index (χ2n) is 7.63. The molecule has 1 unspecified atom stereocenters. The van der Waals surface area contributed by atoms with Crippen LogP contribution in [-0.4, -0.2) is 6.18 Å². The van der Waals surface area contributed by atoms with E-state index >= 15 is 0 Å². The molecule has 31 heavy (non-hydrogen) atoms. The monoisotopic (exact) mass is 420 g/mol. The summed E-state index contributed by atoms with van der Waals surface area (Å²) in [5.74, 6) is -1.50. The highest BCUT2D eigenvalue weighted by atomic mass is 19.4. The highest BCUT2D eigenvalue weighted by Gasteiger charge is 2.40. The van der Waals surface area contributed by atoms with Crippen LogP contribution in [0.3, 0.4) is 0 Å². The molecular formula is C28H27F3. The van der Waals surface area contributed by atoms with Gasteiger partial charge in [0.25, 0.3) is 0 Å². The highest BCUT2D eigenvalue weighted by molar-refractivity contribution is 5.69. The lowest BCUT2D eigenvalue weighted by atomic mass is 9.91. The summed E-state index contributed by atoms with van der Waals surface area (Å²) >= 11 is 0. The van der Waals surface area contributed by atoms with Crippen molar-refractivity contribution in [1.29, 1.82) is 0 Å². The van der Waals surface area contributed by atoms with E-state index in [2.05, 4.69) is 36.4 Å². The lowest BCUT2D eigenvalue weighted by Gasteiger charge is -2.21. The fraction of sp³-hybridized carbons (Fsp3) is 0.214. The summed E-state index contributed by atoms with van der Waals surface area (Å²) in [5, 5.41) is 0. The minimum atomic E-state index is -4.28. The highest BCUT2D eigenvalue weighted by Crippen LogP contribution is 2.37. The molecule has 3 aromatic rings. The van der Waals surface area contributed by atoms with E-state index < -0.39 is 12.1 Å². The number of benzene rings is 3. The van der Waals surface area contributed by atoms with E-state index in [1.54, 1.807) is 42.5 Å². The fourth-order valence-electron chi connectivity index (χ4n) is 3.51. The van der Waals surface area contributed by atoms with Gasteiger partial charge in [-0.3, -0.25) is 0 Å². The molecule has 0 aliphatic rings. The Morgan fingerprint density at radius 3 is 1.81 bits per heavy atom. The van der Waals surface area contributed by atoms with E-state index in [1.807, 2.05) is 31.2 Å². The first kappa shape index (κ1) is 22.6. The molecule has 3 rings (SSSR count). The summed E-state index contributed by atoms with van der Waals surface area (Å²) in [7, 11) is 0. The van der Waals surface area contributed by atoms with Crippen LogP contribution in [0.2, 0.25) is 0 Å². The molecule has 0 radical (unpaired) electrons. The smallest absolute Gasteiger partial charge is 0.170 e. The van der Waals surface area contributed by atoms with Crippen molar-refractivity contribution in [3.05, 3.63) is 119 Å². The number of halogens is 3. The molecule has 0 fully saturated rings. The molecule has 0 bridgehead atoms. The molecule has 3 heteroatoms. The first-order valence-corrected chi connectivity index (χ1v) is 10.5. The summed E-state index contributed by atoms with van der Waals surface area (Å²) in [6, 6.07) is 23.9. The van der Waals surface area contributed by atoms with Crippen molar-refractivity contribution in [3.8, 4) is 0 Å². The molecule has 0 N–H and O–H groups in total. The summed E-state index contributed by atoms with van der Waals surface area (Å²) in [4.78, 5) is 0. The molecule has 160 valence electrons. The van der Waals surface area contributed by atoms with E-state index in [-0.39, 0.29) is 6.42 Å². The first-order valence-electron chi connectivity index (χ1n) is 10.5. The third-order valence-corrected chi connectivity index (χ3v) is 5.30. The molecule has 0 aliphatic heterocycles. The van der Waals surface area contributed by atoms with Crippen LogP contribution in [0.1, 0.15) is 47.1 Å². The van der Waals surface area contributed by atoms with Gasteiger partial charge in [-0.05, 0) is 54.0 Å². The van der Waals surface area contributed by atoms with Crippen molar-refractivity contribution in [2.45, 2.75) is 38.3 Å². The Morgan fingerprint density at radius 2 is 1.29 bits per heavy atom. The molecule has 0 spiro atoms. The van der Waals surface area contributed by atoms with E-state index in [9.17, 15) is 13.2 Å². The lowest BCUT2D eigenvalue weighted by molar-refractivity contribution is -0.150. The Morgan fingerprint density at radius 1 is 0.742 bits per heavy atom. The third-order valence-electron chi connectivity index (χ3n) is 5.30. The number of hydrogen-bond acceptors (Lipinski definition) is 0. The number of rotatable bonds is 8. The molecule has 0 aliphatic carbocycles. The largest absolute Gasteiger partial charge is 0.396 e. The van der Waals surface area contributed by atoms with Crippen LogP contribution in [0.4, 0.5) is 13.2 Å². The predicted octanol–water partition coefficient (Wildman–Crippen LogP) is 8.25. The molecule has 0 amide bonds. The van der Waals surface area contributed by atoms with E-state index in [4.69, 9.17) is 0 Å².